The molecule has 0 fully saturated rings. The Bertz CT molecular complexity index is 1120. The topological polar surface area (TPSA) is 81.7 Å². The van der Waals surface area contributed by atoms with Crippen molar-refractivity contribution < 1.29 is 14.7 Å². The average molecular weight is 502 g/mol. The number of aliphatic hydroxyl groups is 1. The number of carbonyl (C=O) groups excluding carboxylic acids is 2. The first-order chi connectivity index (χ1) is 17.8. The van der Waals surface area contributed by atoms with Crippen LogP contribution in [0.3, 0.4) is 0 Å². The fourth-order valence-electron chi connectivity index (χ4n) is 4.51. The maximum atomic E-state index is 13.3. The van der Waals surface area contributed by atoms with E-state index in [1.54, 1.807) is 29.2 Å². The Morgan fingerprint density at radius 3 is 1.95 bits per heavy atom. The molecule has 0 heterocycles. The van der Waals surface area contributed by atoms with Gasteiger partial charge in [0.1, 0.15) is 0 Å². The third-order valence-corrected chi connectivity index (χ3v) is 6.32. The third kappa shape index (κ3) is 8.27. The molecular weight excluding hydrogens is 462 g/mol. The molecule has 0 bridgehead atoms. The summed E-state index contributed by atoms with van der Waals surface area (Å²) in [5.41, 5.74) is 3.00. The van der Waals surface area contributed by atoms with E-state index >= 15 is 0 Å². The lowest BCUT2D eigenvalue weighted by Gasteiger charge is -2.31. The van der Waals surface area contributed by atoms with E-state index in [-0.39, 0.29) is 23.9 Å². The fourth-order valence-corrected chi connectivity index (χ4v) is 4.51. The molecular formula is C31H39N3O3. The predicted molar refractivity (Wildman–Crippen MR) is 148 cm³/mol. The van der Waals surface area contributed by atoms with Crippen LogP contribution in [-0.4, -0.2) is 52.6 Å². The molecule has 0 saturated carbocycles. The van der Waals surface area contributed by atoms with Gasteiger partial charge in [0.2, 0.25) is 0 Å². The summed E-state index contributed by atoms with van der Waals surface area (Å²) in [4.78, 5) is 28.2. The molecule has 0 aliphatic heterocycles. The average Bonchev–Trinajstić information content (AvgIpc) is 2.89. The molecule has 3 aromatic rings. The molecule has 196 valence electrons. The molecule has 6 nitrogen and oxygen atoms in total. The lowest BCUT2D eigenvalue weighted by atomic mass is 10.00. The molecule has 3 aromatic carbocycles. The summed E-state index contributed by atoms with van der Waals surface area (Å²) in [5, 5.41) is 17.3. The number of hydrogen-bond donors (Lipinski definition) is 3. The maximum absolute atomic E-state index is 13.3. The normalized spacial score (nSPS) is 12.8. The molecule has 37 heavy (non-hydrogen) atoms. The Balaban J connectivity index is 1.73. The summed E-state index contributed by atoms with van der Waals surface area (Å²) in [7, 11) is 0. The lowest BCUT2D eigenvalue weighted by Crippen LogP contribution is -2.48. The molecule has 0 spiro atoms. The van der Waals surface area contributed by atoms with Crippen molar-refractivity contribution in [3.8, 4) is 0 Å². The lowest BCUT2D eigenvalue weighted by molar-refractivity contribution is 0.0643. The maximum Gasteiger partial charge on any atom is 0.254 e. The van der Waals surface area contributed by atoms with Crippen LogP contribution in [0, 0.1) is 0 Å². The number of benzene rings is 3. The van der Waals surface area contributed by atoms with Crippen molar-refractivity contribution in [2.45, 2.75) is 64.9 Å². The van der Waals surface area contributed by atoms with E-state index in [9.17, 15) is 14.7 Å². The molecule has 2 amide bonds. The first kappa shape index (κ1) is 28.1. The van der Waals surface area contributed by atoms with Gasteiger partial charge in [-0.25, -0.2) is 0 Å². The summed E-state index contributed by atoms with van der Waals surface area (Å²) in [5.74, 6) is -0.427. The second kappa shape index (κ2) is 13.7. The molecule has 0 aromatic heterocycles. The van der Waals surface area contributed by atoms with Gasteiger partial charge in [-0.1, -0.05) is 66.7 Å². The number of carbonyl (C=O) groups is 2. The van der Waals surface area contributed by atoms with E-state index < -0.39 is 12.1 Å². The van der Waals surface area contributed by atoms with Crippen molar-refractivity contribution in [1.82, 2.24) is 15.5 Å². The van der Waals surface area contributed by atoms with Crippen LogP contribution < -0.4 is 10.6 Å². The van der Waals surface area contributed by atoms with Crippen LogP contribution in [0.15, 0.2) is 84.9 Å². The standard InChI is InChI=1S/C31H39N3O3/c1-22(2)34(23(3)4)31(37)27-17-11-16-26(19-27)30(36)33-28(18-24-12-7-5-8-13-24)29(35)21-32-20-25-14-9-6-10-15-25/h5-17,19,22-23,28-29,32,35H,18,20-21H2,1-4H3,(H,33,36)/t28-,29-/m0/s1. The van der Waals surface area contributed by atoms with Gasteiger partial charge in [0.15, 0.2) is 0 Å². The van der Waals surface area contributed by atoms with E-state index in [4.69, 9.17) is 0 Å². The van der Waals surface area contributed by atoms with Gasteiger partial charge in [-0.15, -0.1) is 0 Å². The minimum atomic E-state index is -0.810. The van der Waals surface area contributed by atoms with Crippen molar-refractivity contribution in [2.75, 3.05) is 6.54 Å². The molecule has 0 aliphatic carbocycles. The molecule has 0 unspecified atom stereocenters. The minimum Gasteiger partial charge on any atom is -0.390 e. The van der Waals surface area contributed by atoms with E-state index in [0.29, 0.717) is 30.6 Å². The Kier molecular flexibility index (Phi) is 10.4. The summed E-state index contributed by atoms with van der Waals surface area (Å²) in [6.07, 6.45) is -0.330. The summed E-state index contributed by atoms with van der Waals surface area (Å²) in [6.45, 7) is 8.87. The van der Waals surface area contributed by atoms with Crippen LogP contribution in [-0.2, 0) is 13.0 Å². The minimum absolute atomic E-state index is 0.0405. The van der Waals surface area contributed by atoms with Gasteiger partial charge in [-0.2, -0.15) is 0 Å². The number of aliphatic hydroxyl groups excluding tert-OH is 1. The highest BCUT2D eigenvalue weighted by Crippen LogP contribution is 2.15. The van der Waals surface area contributed by atoms with E-state index in [1.165, 1.54) is 0 Å². The highest BCUT2D eigenvalue weighted by atomic mass is 16.3. The van der Waals surface area contributed by atoms with Crippen LogP contribution in [0.1, 0.15) is 59.5 Å². The SMILES string of the molecule is CC(C)N(C(=O)c1cccc(C(=O)N[C@@H](Cc2ccccc2)[C@@H](O)CNCc2ccccc2)c1)C(C)C. The van der Waals surface area contributed by atoms with Gasteiger partial charge < -0.3 is 20.6 Å². The van der Waals surface area contributed by atoms with Gasteiger partial charge in [0.05, 0.1) is 12.1 Å². The van der Waals surface area contributed by atoms with Crippen molar-refractivity contribution in [3.63, 3.8) is 0 Å². The van der Waals surface area contributed by atoms with Crippen molar-refractivity contribution in [2.24, 2.45) is 0 Å². The zero-order valence-electron chi connectivity index (χ0n) is 22.2. The molecule has 3 rings (SSSR count). The molecule has 0 radical (unpaired) electrons. The summed E-state index contributed by atoms with van der Waals surface area (Å²) >= 11 is 0. The molecule has 3 N–H and O–H groups in total. The van der Waals surface area contributed by atoms with Crippen LogP contribution in [0.4, 0.5) is 0 Å². The highest BCUT2D eigenvalue weighted by Gasteiger charge is 2.25. The molecule has 2 atom stereocenters. The van der Waals surface area contributed by atoms with Gasteiger partial charge in [-0.3, -0.25) is 9.59 Å². The Hall–Kier alpha value is -3.48. The highest BCUT2D eigenvalue weighted by molar-refractivity contribution is 6.00. The zero-order chi connectivity index (χ0) is 26.8. The first-order valence-corrected chi connectivity index (χ1v) is 13.0. The monoisotopic (exact) mass is 501 g/mol. The van der Waals surface area contributed by atoms with Crippen LogP contribution >= 0.6 is 0 Å². The molecule has 0 aliphatic rings. The predicted octanol–water partition coefficient (Wildman–Crippen LogP) is 4.44. The Morgan fingerprint density at radius 2 is 1.35 bits per heavy atom. The van der Waals surface area contributed by atoms with Crippen LogP contribution in [0.5, 0.6) is 0 Å². The molecule has 0 saturated heterocycles. The van der Waals surface area contributed by atoms with Crippen molar-refractivity contribution in [3.05, 3.63) is 107 Å². The van der Waals surface area contributed by atoms with Gasteiger partial charge in [-0.05, 0) is 63.4 Å². The zero-order valence-corrected chi connectivity index (χ0v) is 22.2. The number of nitrogens with one attached hydrogen (secondary N) is 2. The second-order valence-corrected chi connectivity index (χ2v) is 9.93. The largest absolute Gasteiger partial charge is 0.390 e. The number of hydrogen-bond acceptors (Lipinski definition) is 4. The van der Waals surface area contributed by atoms with Crippen LogP contribution in [0.2, 0.25) is 0 Å². The number of amides is 2. The smallest absolute Gasteiger partial charge is 0.254 e. The first-order valence-electron chi connectivity index (χ1n) is 13.0. The number of rotatable bonds is 12. The Morgan fingerprint density at radius 1 is 0.784 bits per heavy atom. The van der Waals surface area contributed by atoms with Gasteiger partial charge in [0.25, 0.3) is 11.8 Å². The van der Waals surface area contributed by atoms with Crippen LogP contribution in [0.25, 0.3) is 0 Å². The fraction of sp³-hybridized carbons (Fsp3) is 0.355. The van der Waals surface area contributed by atoms with E-state index in [2.05, 4.69) is 10.6 Å². The second-order valence-electron chi connectivity index (χ2n) is 9.93. The summed E-state index contributed by atoms with van der Waals surface area (Å²) < 4.78 is 0. The van der Waals surface area contributed by atoms with Crippen molar-refractivity contribution >= 4 is 11.8 Å². The van der Waals surface area contributed by atoms with Gasteiger partial charge in [0, 0.05) is 36.3 Å². The quantitative estimate of drug-likeness (QED) is 0.343. The summed E-state index contributed by atoms with van der Waals surface area (Å²) in [6, 6.07) is 26.1. The van der Waals surface area contributed by atoms with Crippen molar-refractivity contribution in [1.29, 1.82) is 0 Å². The van der Waals surface area contributed by atoms with E-state index in [0.717, 1.165) is 11.1 Å². The number of nitrogens with zero attached hydrogens (tertiary/aromatic N) is 1. The Labute approximate surface area is 220 Å². The molecule has 6 heteroatoms. The van der Waals surface area contributed by atoms with Gasteiger partial charge >= 0.3 is 0 Å². The van der Waals surface area contributed by atoms with E-state index in [1.807, 2.05) is 88.4 Å². The third-order valence-electron chi connectivity index (χ3n) is 6.32.